The van der Waals surface area contributed by atoms with Gasteiger partial charge in [-0.15, -0.1) is 0 Å². The highest BCUT2D eigenvalue weighted by Gasteiger charge is 2.16. The number of likely N-dealkylation sites (N-methyl/N-ethyl adjacent to an activating group) is 1. The Bertz CT molecular complexity index is 344. The smallest absolute Gasteiger partial charge is 0.0595 e. The van der Waals surface area contributed by atoms with Crippen LogP contribution in [0, 0.1) is 0 Å². The van der Waals surface area contributed by atoms with Crippen LogP contribution in [0.3, 0.4) is 0 Å². The average Bonchev–Trinajstić information content (AvgIpc) is 2.29. The van der Waals surface area contributed by atoms with Crippen LogP contribution >= 0.6 is 27.5 Å². The van der Waals surface area contributed by atoms with Crippen LogP contribution in [0.2, 0.25) is 5.02 Å². The zero-order valence-corrected chi connectivity index (χ0v) is 12.1. The van der Waals surface area contributed by atoms with Gasteiger partial charge in [-0.25, -0.2) is 0 Å². The van der Waals surface area contributed by atoms with E-state index in [0.717, 1.165) is 28.1 Å². The maximum Gasteiger partial charge on any atom is 0.0595 e. The Labute approximate surface area is 111 Å². The Morgan fingerprint density at radius 1 is 1.50 bits per heavy atom. The molecule has 1 unspecified atom stereocenters. The molecule has 0 fully saturated rings. The lowest BCUT2D eigenvalue weighted by Gasteiger charge is -2.28. The van der Waals surface area contributed by atoms with Gasteiger partial charge in [0.15, 0.2) is 0 Å². The van der Waals surface area contributed by atoms with Crippen molar-refractivity contribution in [3.63, 3.8) is 0 Å². The van der Waals surface area contributed by atoms with Crippen LogP contribution in [0.25, 0.3) is 0 Å². The Balaban J connectivity index is 2.94. The number of hydrogen-bond acceptors (Lipinski definition) is 2. The second kappa shape index (κ2) is 6.60. The fourth-order valence-electron chi connectivity index (χ4n) is 1.83. The largest absolute Gasteiger partial charge is 0.329 e. The van der Waals surface area contributed by atoms with E-state index in [1.54, 1.807) is 0 Å². The predicted molar refractivity (Wildman–Crippen MR) is 73.9 cm³/mol. The molecule has 1 rings (SSSR count). The summed E-state index contributed by atoms with van der Waals surface area (Å²) < 4.78 is 0.947. The molecule has 0 spiro atoms. The third-order valence-corrected chi connectivity index (χ3v) is 4.11. The molecule has 90 valence electrons. The normalized spacial score (nSPS) is 13.1. The second-order valence-electron chi connectivity index (χ2n) is 3.74. The third-order valence-electron chi connectivity index (χ3n) is 2.80. The molecule has 0 saturated carbocycles. The molecule has 1 aromatic carbocycles. The second-order valence-corrected chi connectivity index (χ2v) is 4.97. The van der Waals surface area contributed by atoms with Gasteiger partial charge in [0, 0.05) is 23.6 Å². The predicted octanol–water partition coefficient (Wildman–Crippen LogP) is 3.44. The van der Waals surface area contributed by atoms with Crippen LogP contribution in [0.15, 0.2) is 22.7 Å². The number of benzene rings is 1. The van der Waals surface area contributed by atoms with E-state index in [-0.39, 0.29) is 0 Å². The molecule has 0 aliphatic rings. The van der Waals surface area contributed by atoms with E-state index in [4.69, 9.17) is 17.3 Å². The Hall–Kier alpha value is -0.0900. The molecule has 2 N–H and O–H groups in total. The van der Waals surface area contributed by atoms with E-state index in [0.29, 0.717) is 12.6 Å². The number of rotatable bonds is 5. The first-order chi connectivity index (χ1) is 7.61. The maximum atomic E-state index is 6.28. The van der Waals surface area contributed by atoms with Crippen molar-refractivity contribution in [2.45, 2.75) is 19.9 Å². The van der Waals surface area contributed by atoms with Crippen molar-refractivity contribution in [3.05, 3.63) is 33.3 Å². The summed E-state index contributed by atoms with van der Waals surface area (Å²) in [5, 5.41) is 0.797. The summed E-state index contributed by atoms with van der Waals surface area (Å²) in [5.41, 5.74) is 6.75. The molecule has 0 heterocycles. The van der Waals surface area contributed by atoms with Crippen LogP contribution in [-0.2, 0) is 0 Å². The molecule has 2 nitrogen and oxygen atoms in total. The molecule has 0 aromatic heterocycles. The van der Waals surface area contributed by atoms with Crippen molar-refractivity contribution in [1.29, 1.82) is 0 Å². The van der Waals surface area contributed by atoms with Crippen LogP contribution in [0.4, 0.5) is 0 Å². The molecular formula is C12H18BrClN2. The first-order valence-electron chi connectivity index (χ1n) is 5.49. The van der Waals surface area contributed by atoms with E-state index >= 15 is 0 Å². The van der Waals surface area contributed by atoms with Gasteiger partial charge in [-0.2, -0.15) is 0 Å². The first kappa shape index (κ1) is 14.0. The Morgan fingerprint density at radius 2 is 2.19 bits per heavy atom. The summed E-state index contributed by atoms with van der Waals surface area (Å²) in [5.74, 6) is 0. The third kappa shape index (κ3) is 3.20. The van der Waals surface area contributed by atoms with Gasteiger partial charge in [0.05, 0.1) is 5.02 Å². The number of nitrogens with two attached hydrogens (primary N) is 1. The summed E-state index contributed by atoms with van der Waals surface area (Å²) in [6.45, 7) is 6.83. The molecule has 16 heavy (non-hydrogen) atoms. The van der Waals surface area contributed by atoms with Gasteiger partial charge in [-0.1, -0.05) is 30.7 Å². The topological polar surface area (TPSA) is 29.3 Å². The molecule has 0 bridgehead atoms. The van der Waals surface area contributed by atoms with Crippen LogP contribution in [-0.4, -0.2) is 24.5 Å². The SMILES string of the molecule is CCN(CCN)C(C)c1cccc(Br)c1Cl. The number of nitrogens with zero attached hydrogens (tertiary/aromatic N) is 1. The molecule has 0 amide bonds. The summed E-state index contributed by atoms with van der Waals surface area (Å²) in [7, 11) is 0. The van der Waals surface area contributed by atoms with Crippen LogP contribution < -0.4 is 5.73 Å². The van der Waals surface area contributed by atoms with Crippen molar-refractivity contribution in [1.82, 2.24) is 4.90 Å². The molecule has 0 aliphatic carbocycles. The quantitative estimate of drug-likeness (QED) is 0.903. The van der Waals surface area contributed by atoms with Gasteiger partial charge in [0.2, 0.25) is 0 Å². The Kier molecular flexibility index (Phi) is 5.76. The lowest BCUT2D eigenvalue weighted by Crippen LogP contribution is -2.32. The maximum absolute atomic E-state index is 6.28. The van der Waals surface area contributed by atoms with Crippen molar-refractivity contribution in [3.8, 4) is 0 Å². The molecular weight excluding hydrogens is 288 g/mol. The molecule has 0 radical (unpaired) electrons. The van der Waals surface area contributed by atoms with Gasteiger partial charge in [-0.05, 0) is 41.0 Å². The van der Waals surface area contributed by atoms with Crippen molar-refractivity contribution in [2.24, 2.45) is 5.73 Å². The van der Waals surface area contributed by atoms with E-state index in [1.807, 2.05) is 12.1 Å². The standard InChI is InChI=1S/C12H18BrClN2/c1-3-16(8-7-15)9(2)10-5-4-6-11(13)12(10)14/h4-6,9H,3,7-8,15H2,1-2H3. The minimum atomic E-state index is 0.290. The van der Waals surface area contributed by atoms with Gasteiger partial charge in [0.1, 0.15) is 0 Å². The first-order valence-corrected chi connectivity index (χ1v) is 6.66. The van der Waals surface area contributed by atoms with Crippen molar-refractivity contribution >= 4 is 27.5 Å². The van der Waals surface area contributed by atoms with E-state index in [1.165, 1.54) is 0 Å². The molecule has 1 atom stereocenters. The summed E-state index contributed by atoms with van der Waals surface area (Å²) in [4.78, 5) is 2.31. The van der Waals surface area contributed by atoms with Crippen LogP contribution in [0.5, 0.6) is 0 Å². The lowest BCUT2D eigenvalue weighted by atomic mass is 10.1. The van der Waals surface area contributed by atoms with Crippen LogP contribution in [0.1, 0.15) is 25.5 Å². The van der Waals surface area contributed by atoms with Gasteiger partial charge < -0.3 is 5.73 Å². The zero-order valence-electron chi connectivity index (χ0n) is 9.71. The lowest BCUT2D eigenvalue weighted by molar-refractivity contribution is 0.228. The fourth-order valence-corrected chi connectivity index (χ4v) is 2.50. The average molecular weight is 306 g/mol. The zero-order chi connectivity index (χ0) is 12.1. The Morgan fingerprint density at radius 3 is 2.75 bits per heavy atom. The highest BCUT2D eigenvalue weighted by molar-refractivity contribution is 9.10. The monoisotopic (exact) mass is 304 g/mol. The molecule has 1 aromatic rings. The van der Waals surface area contributed by atoms with Crippen molar-refractivity contribution < 1.29 is 0 Å². The van der Waals surface area contributed by atoms with Gasteiger partial charge in [0.25, 0.3) is 0 Å². The summed E-state index contributed by atoms with van der Waals surface area (Å²) in [6.07, 6.45) is 0. The molecule has 0 aliphatic heterocycles. The van der Waals surface area contributed by atoms with Gasteiger partial charge in [-0.3, -0.25) is 4.90 Å². The number of hydrogen-bond donors (Lipinski definition) is 1. The highest BCUT2D eigenvalue weighted by Crippen LogP contribution is 2.32. The van der Waals surface area contributed by atoms with Gasteiger partial charge >= 0.3 is 0 Å². The van der Waals surface area contributed by atoms with E-state index < -0.39 is 0 Å². The summed E-state index contributed by atoms with van der Waals surface area (Å²) in [6, 6.07) is 6.32. The number of halogens is 2. The summed E-state index contributed by atoms with van der Waals surface area (Å²) >= 11 is 9.73. The minimum absolute atomic E-state index is 0.290. The molecule has 0 saturated heterocycles. The van der Waals surface area contributed by atoms with E-state index in [2.05, 4.69) is 40.7 Å². The van der Waals surface area contributed by atoms with E-state index in [9.17, 15) is 0 Å². The highest BCUT2D eigenvalue weighted by atomic mass is 79.9. The fraction of sp³-hybridized carbons (Fsp3) is 0.500. The molecule has 4 heteroatoms. The van der Waals surface area contributed by atoms with Crippen molar-refractivity contribution in [2.75, 3.05) is 19.6 Å². The minimum Gasteiger partial charge on any atom is -0.329 e.